The van der Waals surface area contributed by atoms with Crippen LogP contribution < -0.4 is 4.74 Å². The van der Waals surface area contributed by atoms with Crippen LogP contribution >= 0.6 is 0 Å². The van der Waals surface area contributed by atoms with Gasteiger partial charge in [0.1, 0.15) is 0 Å². The van der Waals surface area contributed by atoms with Crippen LogP contribution in [0, 0.1) is 39.8 Å². The largest absolute Gasteiger partial charge is 2.00 e. The van der Waals surface area contributed by atoms with Crippen LogP contribution in [0.25, 0.3) is 22.8 Å². The molecule has 2 aliphatic heterocycles. The van der Waals surface area contributed by atoms with Crippen molar-refractivity contribution in [3.8, 4) is 34.3 Å². The van der Waals surface area contributed by atoms with Crippen LogP contribution in [0.4, 0.5) is 0 Å². The summed E-state index contributed by atoms with van der Waals surface area (Å²) in [6.07, 6.45) is 6.18. The Hall–Kier alpha value is -2.65. The maximum Gasteiger partial charge on any atom is 2.00 e. The summed E-state index contributed by atoms with van der Waals surface area (Å²) in [7, 11) is 0. The summed E-state index contributed by atoms with van der Waals surface area (Å²) in [5.41, 5.74) is 9.15. The summed E-state index contributed by atoms with van der Waals surface area (Å²) in [6, 6.07) is 11.2. The number of rotatable bonds is 2. The number of benzene rings is 2. The van der Waals surface area contributed by atoms with Gasteiger partial charge in [-0.15, -0.1) is 33.4 Å². The molecule has 0 aliphatic carbocycles. The van der Waals surface area contributed by atoms with Gasteiger partial charge >= 0.3 is 21.1 Å². The van der Waals surface area contributed by atoms with Crippen molar-refractivity contribution in [2.45, 2.75) is 66.5 Å². The number of fused-ring (bicyclic) bond motifs is 6. The minimum absolute atomic E-state index is 0. The molecule has 0 radical (unpaired) electrons. The van der Waals surface area contributed by atoms with E-state index in [1.807, 2.05) is 13.8 Å². The number of aryl methyl sites for hydroxylation is 5. The monoisotopic (exact) mass is 631 g/mol. The van der Waals surface area contributed by atoms with Crippen molar-refractivity contribution >= 4 is 0 Å². The second-order valence-electron chi connectivity index (χ2n) is 10.2. The molecule has 0 amide bonds. The Labute approximate surface area is 215 Å². The van der Waals surface area contributed by atoms with Crippen molar-refractivity contribution in [2.75, 3.05) is 0 Å². The summed E-state index contributed by atoms with van der Waals surface area (Å²) >= 11 is 0. The molecule has 0 saturated carbocycles. The molecule has 4 aromatic rings. The average molecular weight is 632 g/mol. The van der Waals surface area contributed by atoms with E-state index < -0.39 is 0 Å². The fourth-order valence-electron chi connectivity index (χ4n) is 5.39. The third kappa shape index (κ3) is 3.56. The molecule has 0 fully saturated rings. The first-order valence-corrected chi connectivity index (χ1v) is 11.6. The topological polar surface area (TPSA) is 44.9 Å². The van der Waals surface area contributed by atoms with Crippen LogP contribution in [-0.2, 0) is 46.0 Å². The second-order valence-corrected chi connectivity index (χ2v) is 10.2. The van der Waals surface area contributed by atoms with Crippen molar-refractivity contribution in [1.29, 1.82) is 0 Å². The van der Waals surface area contributed by atoms with E-state index in [0.29, 0.717) is 11.5 Å². The fraction of sp³-hybridized carbons (Fsp3) is 0.357. The first kappa shape index (κ1) is 23.1. The van der Waals surface area contributed by atoms with Crippen LogP contribution in [0.2, 0.25) is 0 Å². The molecule has 6 rings (SSSR count). The zero-order valence-electron chi connectivity index (χ0n) is 20.4. The Kier molecular flexibility index (Phi) is 5.40. The van der Waals surface area contributed by atoms with E-state index in [1.165, 1.54) is 22.3 Å². The van der Waals surface area contributed by atoms with E-state index in [0.717, 1.165) is 53.5 Å². The molecule has 0 bridgehead atoms. The Balaban J connectivity index is 0.00000241. The van der Waals surface area contributed by atoms with Crippen LogP contribution in [-0.4, -0.2) is 19.1 Å². The maximum absolute atomic E-state index is 6.38. The summed E-state index contributed by atoms with van der Waals surface area (Å²) < 4.78 is 10.9. The van der Waals surface area contributed by atoms with Gasteiger partial charge in [0, 0.05) is 47.4 Å². The van der Waals surface area contributed by atoms with E-state index in [1.54, 1.807) is 0 Å². The molecular formula is C28H28N4OPt. The first-order valence-electron chi connectivity index (χ1n) is 11.6. The predicted octanol–water partition coefficient (Wildman–Crippen LogP) is 5.88. The summed E-state index contributed by atoms with van der Waals surface area (Å²) in [5, 5.41) is 0. The Bertz CT molecular complexity index is 1440. The zero-order valence-corrected chi connectivity index (χ0v) is 22.7. The minimum atomic E-state index is -0.0198. The number of nitrogens with zero attached hydrogens (tertiary/aromatic N) is 4. The summed E-state index contributed by atoms with van der Waals surface area (Å²) in [6.45, 7) is 13.9. The van der Waals surface area contributed by atoms with Crippen molar-refractivity contribution < 1.29 is 25.8 Å². The van der Waals surface area contributed by atoms with Gasteiger partial charge in [-0.3, -0.25) is 9.97 Å². The van der Waals surface area contributed by atoms with Gasteiger partial charge in [0.15, 0.2) is 0 Å². The smallest absolute Gasteiger partial charge is 0.497 e. The molecule has 176 valence electrons. The molecule has 6 heteroatoms. The quantitative estimate of drug-likeness (QED) is 0.260. The third-order valence-corrected chi connectivity index (χ3v) is 7.00. The van der Waals surface area contributed by atoms with Crippen molar-refractivity contribution in [2.24, 2.45) is 0 Å². The van der Waals surface area contributed by atoms with E-state index in [-0.39, 0.29) is 26.6 Å². The SMILES string of the molecule is Cc1cn2c(n1)-c1[c-]c(Oc3[c-]c4c(c(C)c3)CC(C)(C)n3cc(C)nc3-4)cc(C)c1CC2.[Pt+2]. The molecule has 0 atom stereocenters. The molecule has 2 aromatic heterocycles. The van der Waals surface area contributed by atoms with E-state index in [4.69, 9.17) is 14.7 Å². The van der Waals surface area contributed by atoms with Gasteiger partial charge in [-0.05, 0) is 40.5 Å². The number of aromatic nitrogens is 4. The average Bonchev–Trinajstić information content (AvgIpc) is 3.32. The first-order chi connectivity index (χ1) is 15.7. The molecule has 4 heterocycles. The number of hydrogen-bond donors (Lipinski definition) is 0. The third-order valence-electron chi connectivity index (χ3n) is 7.00. The number of hydrogen-bond acceptors (Lipinski definition) is 3. The second kappa shape index (κ2) is 7.95. The van der Waals surface area contributed by atoms with Gasteiger partial charge < -0.3 is 13.9 Å². The molecule has 2 aliphatic rings. The number of ether oxygens (including phenoxy) is 1. The normalized spacial score (nSPS) is 15.0. The molecule has 0 spiro atoms. The van der Waals surface area contributed by atoms with Gasteiger partial charge in [-0.1, -0.05) is 38.1 Å². The molecular weight excluding hydrogens is 603 g/mol. The predicted molar refractivity (Wildman–Crippen MR) is 129 cm³/mol. The van der Waals surface area contributed by atoms with E-state index in [9.17, 15) is 0 Å². The van der Waals surface area contributed by atoms with Crippen molar-refractivity contribution in [3.63, 3.8) is 0 Å². The van der Waals surface area contributed by atoms with Crippen molar-refractivity contribution in [3.05, 3.63) is 70.3 Å². The van der Waals surface area contributed by atoms with Crippen molar-refractivity contribution in [1.82, 2.24) is 19.1 Å². The fourth-order valence-corrected chi connectivity index (χ4v) is 5.39. The van der Waals surface area contributed by atoms with Crippen LogP contribution in [0.15, 0.2) is 24.5 Å². The molecule has 0 saturated heterocycles. The van der Waals surface area contributed by atoms with E-state index >= 15 is 0 Å². The van der Waals surface area contributed by atoms with Gasteiger partial charge in [-0.25, -0.2) is 0 Å². The number of imidazole rings is 2. The molecule has 2 aromatic carbocycles. The molecule has 0 N–H and O–H groups in total. The van der Waals surface area contributed by atoms with Gasteiger partial charge in [0.05, 0.1) is 11.6 Å². The Morgan fingerprint density at radius 2 is 1.44 bits per heavy atom. The Morgan fingerprint density at radius 3 is 2.15 bits per heavy atom. The Morgan fingerprint density at radius 1 is 0.853 bits per heavy atom. The van der Waals surface area contributed by atoms with Gasteiger partial charge in [-0.2, -0.15) is 0 Å². The van der Waals surface area contributed by atoms with Crippen LogP contribution in [0.5, 0.6) is 11.5 Å². The summed E-state index contributed by atoms with van der Waals surface area (Å²) in [5.74, 6) is 3.35. The van der Waals surface area contributed by atoms with Crippen LogP contribution in [0.1, 0.15) is 47.5 Å². The molecule has 0 unspecified atom stereocenters. The van der Waals surface area contributed by atoms with Gasteiger partial charge in [0.2, 0.25) is 0 Å². The summed E-state index contributed by atoms with van der Waals surface area (Å²) in [4.78, 5) is 9.59. The standard InChI is InChI=1S/C28H28N4O.Pt/c1-16-9-20(11-23-22(16)7-8-31-14-18(3)29-26(23)31)33-21-10-17(2)25-13-28(5,6)32-15-19(4)30-27(32)24(25)12-21;/h9-10,14-15H,7-8,13H2,1-6H3;/q-2;+2. The zero-order chi connectivity index (χ0) is 23.1. The maximum atomic E-state index is 6.38. The van der Waals surface area contributed by atoms with E-state index in [2.05, 4.69) is 73.5 Å². The van der Waals surface area contributed by atoms with Gasteiger partial charge in [0.25, 0.3) is 0 Å². The molecule has 34 heavy (non-hydrogen) atoms. The molecule has 5 nitrogen and oxygen atoms in total. The van der Waals surface area contributed by atoms with Crippen LogP contribution in [0.3, 0.4) is 0 Å². The minimum Gasteiger partial charge on any atom is -0.497 e.